The zero-order valence-electron chi connectivity index (χ0n) is 19.6. The van der Waals surface area contributed by atoms with E-state index in [1.165, 1.54) is 31.4 Å². The van der Waals surface area contributed by atoms with Gasteiger partial charge in [0.15, 0.2) is 0 Å². The largest absolute Gasteiger partial charge is 0.507 e. The summed E-state index contributed by atoms with van der Waals surface area (Å²) in [6.45, 7) is 1.01. The first-order valence-electron chi connectivity index (χ1n) is 11.6. The number of halogens is 1. The van der Waals surface area contributed by atoms with Crippen LogP contribution in [-0.4, -0.2) is 58.4 Å². The molecule has 2 heterocycles. The summed E-state index contributed by atoms with van der Waals surface area (Å²) in [6, 6.07) is 17.9. The van der Waals surface area contributed by atoms with Crippen molar-refractivity contribution in [2.75, 3.05) is 26.8 Å². The SMILES string of the molecule is COCC(=O)N1CCC(c2c(-c3ccc(C(=O)O)cc3)c3c(O)cccc3n2-c2ccc(F)cc2)C1. The second-order valence-electron chi connectivity index (χ2n) is 8.88. The predicted octanol–water partition coefficient (Wildman–Crippen LogP) is 4.80. The van der Waals surface area contributed by atoms with Gasteiger partial charge in [-0.15, -0.1) is 0 Å². The Labute approximate surface area is 207 Å². The molecule has 0 bridgehead atoms. The first kappa shape index (κ1) is 23.6. The van der Waals surface area contributed by atoms with Crippen LogP contribution in [0.3, 0.4) is 0 Å². The van der Waals surface area contributed by atoms with Crippen molar-refractivity contribution in [3.63, 3.8) is 0 Å². The van der Waals surface area contributed by atoms with Crippen LogP contribution in [0, 0.1) is 5.82 Å². The van der Waals surface area contributed by atoms with E-state index in [9.17, 15) is 24.2 Å². The molecule has 1 aliphatic heterocycles. The Hall–Kier alpha value is -4.17. The molecule has 0 radical (unpaired) electrons. The molecule has 1 aromatic heterocycles. The molecule has 3 aromatic carbocycles. The van der Waals surface area contributed by atoms with Crippen molar-refractivity contribution in [3.8, 4) is 22.6 Å². The molecular weight excluding hydrogens is 463 g/mol. The standard InChI is InChI=1S/C28H25FN2O5/c1-36-16-24(33)30-14-13-19(15-30)27-25(17-5-7-18(8-6-17)28(34)35)26-22(3-2-4-23(26)32)31(27)21-11-9-20(29)10-12-21/h2-12,19,32H,13-16H2,1H3,(H,34,35). The average molecular weight is 489 g/mol. The molecule has 2 N–H and O–H groups in total. The molecule has 1 unspecified atom stereocenters. The summed E-state index contributed by atoms with van der Waals surface area (Å²) in [4.78, 5) is 25.8. The number of likely N-dealkylation sites (tertiary alicyclic amines) is 1. The molecule has 8 heteroatoms. The number of phenolic OH excluding ortho intramolecular Hbond substituents is 1. The lowest BCUT2D eigenvalue weighted by atomic mass is 9.93. The highest BCUT2D eigenvalue weighted by atomic mass is 19.1. The van der Waals surface area contributed by atoms with Crippen LogP contribution in [0.25, 0.3) is 27.7 Å². The van der Waals surface area contributed by atoms with Gasteiger partial charge in [-0.3, -0.25) is 4.79 Å². The van der Waals surface area contributed by atoms with Gasteiger partial charge >= 0.3 is 5.97 Å². The number of methoxy groups -OCH3 is 1. The molecule has 4 aromatic rings. The molecule has 1 saturated heterocycles. The van der Waals surface area contributed by atoms with E-state index in [1.807, 2.05) is 10.6 Å². The summed E-state index contributed by atoms with van der Waals surface area (Å²) in [7, 11) is 1.49. The molecule has 7 nitrogen and oxygen atoms in total. The highest BCUT2D eigenvalue weighted by Crippen LogP contribution is 2.46. The molecule has 36 heavy (non-hydrogen) atoms. The monoisotopic (exact) mass is 488 g/mol. The Kier molecular flexibility index (Phi) is 6.20. The number of hydrogen-bond acceptors (Lipinski definition) is 4. The molecule has 1 fully saturated rings. The van der Waals surface area contributed by atoms with Crippen molar-refractivity contribution >= 4 is 22.8 Å². The van der Waals surface area contributed by atoms with Gasteiger partial charge in [0.2, 0.25) is 5.91 Å². The van der Waals surface area contributed by atoms with E-state index in [4.69, 9.17) is 4.74 Å². The van der Waals surface area contributed by atoms with Gasteiger partial charge in [-0.05, 0) is 60.5 Å². The maximum atomic E-state index is 13.8. The molecule has 184 valence electrons. The Morgan fingerprint density at radius 1 is 1.06 bits per heavy atom. The van der Waals surface area contributed by atoms with Crippen LogP contribution in [0.1, 0.15) is 28.4 Å². The minimum Gasteiger partial charge on any atom is -0.507 e. The van der Waals surface area contributed by atoms with E-state index in [0.717, 1.165) is 28.0 Å². The van der Waals surface area contributed by atoms with Crippen molar-refractivity contribution in [1.29, 1.82) is 0 Å². The Bertz CT molecular complexity index is 1440. The van der Waals surface area contributed by atoms with E-state index >= 15 is 0 Å². The number of hydrogen-bond donors (Lipinski definition) is 2. The topological polar surface area (TPSA) is 92.0 Å². The van der Waals surface area contributed by atoms with Gasteiger partial charge < -0.3 is 24.4 Å². The minimum atomic E-state index is -1.03. The fourth-order valence-corrected chi connectivity index (χ4v) is 5.09. The number of aromatic carboxylic acids is 1. The fraction of sp³-hybridized carbons (Fsp3) is 0.214. The van der Waals surface area contributed by atoms with Gasteiger partial charge in [-0.2, -0.15) is 0 Å². The molecule has 5 rings (SSSR count). The Morgan fingerprint density at radius 2 is 1.78 bits per heavy atom. The Balaban J connectivity index is 1.77. The van der Waals surface area contributed by atoms with Crippen LogP contribution in [-0.2, 0) is 9.53 Å². The summed E-state index contributed by atoms with van der Waals surface area (Å²) >= 11 is 0. The number of aromatic nitrogens is 1. The number of carbonyl (C=O) groups excluding carboxylic acids is 1. The van der Waals surface area contributed by atoms with Crippen molar-refractivity contribution in [2.24, 2.45) is 0 Å². The maximum Gasteiger partial charge on any atom is 0.335 e. The second-order valence-corrected chi connectivity index (χ2v) is 8.88. The van der Waals surface area contributed by atoms with E-state index in [2.05, 4.69) is 0 Å². The van der Waals surface area contributed by atoms with Gasteiger partial charge in [0.25, 0.3) is 0 Å². The molecular formula is C28H25FN2O5. The van der Waals surface area contributed by atoms with Crippen LogP contribution < -0.4 is 0 Å². The number of carboxylic acid groups (broad SMARTS) is 1. The third kappa shape index (κ3) is 4.09. The highest BCUT2D eigenvalue weighted by molar-refractivity contribution is 6.03. The summed E-state index contributed by atoms with van der Waals surface area (Å²) in [5, 5.41) is 21.0. The maximum absolute atomic E-state index is 13.8. The molecule has 1 aliphatic rings. The number of ether oxygens (including phenoxy) is 1. The van der Waals surface area contributed by atoms with Crippen LogP contribution in [0.5, 0.6) is 5.75 Å². The average Bonchev–Trinajstić information content (AvgIpc) is 3.49. The van der Waals surface area contributed by atoms with Gasteiger partial charge in [-0.25, -0.2) is 9.18 Å². The zero-order chi connectivity index (χ0) is 25.4. The van der Waals surface area contributed by atoms with E-state index in [-0.39, 0.29) is 35.6 Å². The smallest absolute Gasteiger partial charge is 0.335 e. The summed E-state index contributed by atoms with van der Waals surface area (Å²) in [5.74, 6) is -1.49. The first-order valence-corrected chi connectivity index (χ1v) is 11.6. The van der Waals surface area contributed by atoms with Gasteiger partial charge in [0.05, 0.1) is 11.1 Å². The summed E-state index contributed by atoms with van der Waals surface area (Å²) < 4.78 is 20.9. The third-order valence-electron chi connectivity index (χ3n) is 6.71. The van der Waals surface area contributed by atoms with Crippen LogP contribution in [0.15, 0.2) is 66.7 Å². The van der Waals surface area contributed by atoms with E-state index in [0.29, 0.717) is 24.9 Å². The lowest BCUT2D eigenvalue weighted by Crippen LogP contribution is -2.31. The van der Waals surface area contributed by atoms with Crippen molar-refractivity contribution < 1.29 is 28.9 Å². The predicted molar refractivity (Wildman–Crippen MR) is 133 cm³/mol. The number of rotatable bonds is 6. The Morgan fingerprint density at radius 3 is 2.44 bits per heavy atom. The normalized spacial score (nSPS) is 15.5. The van der Waals surface area contributed by atoms with Crippen molar-refractivity contribution in [3.05, 3.63) is 83.8 Å². The lowest BCUT2D eigenvalue weighted by Gasteiger charge is -2.20. The number of aromatic hydroxyl groups is 1. The summed E-state index contributed by atoms with van der Waals surface area (Å²) in [6.07, 6.45) is 0.688. The number of fused-ring (bicyclic) bond motifs is 1. The first-order chi connectivity index (χ1) is 17.4. The number of phenols is 1. The number of nitrogens with zero attached hydrogens (tertiary/aromatic N) is 2. The minimum absolute atomic E-state index is 0.00202. The molecule has 1 atom stereocenters. The molecule has 0 spiro atoms. The summed E-state index contributed by atoms with van der Waals surface area (Å²) in [5.41, 5.74) is 3.98. The van der Waals surface area contributed by atoms with Crippen LogP contribution in [0.4, 0.5) is 4.39 Å². The van der Waals surface area contributed by atoms with E-state index < -0.39 is 5.97 Å². The molecule has 1 amide bonds. The quantitative estimate of drug-likeness (QED) is 0.407. The second kappa shape index (κ2) is 9.47. The number of carbonyl (C=O) groups is 2. The van der Waals surface area contributed by atoms with Crippen molar-refractivity contribution in [2.45, 2.75) is 12.3 Å². The number of benzene rings is 3. The third-order valence-corrected chi connectivity index (χ3v) is 6.71. The van der Waals surface area contributed by atoms with Gasteiger partial charge in [0.1, 0.15) is 18.2 Å². The van der Waals surface area contributed by atoms with Gasteiger partial charge in [0, 0.05) is 48.4 Å². The van der Waals surface area contributed by atoms with Crippen LogP contribution >= 0.6 is 0 Å². The molecule has 0 saturated carbocycles. The lowest BCUT2D eigenvalue weighted by molar-refractivity contribution is -0.134. The molecule has 0 aliphatic carbocycles. The zero-order valence-corrected chi connectivity index (χ0v) is 19.6. The van der Waals surface area contributed by atoms with Crippen LogP contribution in [0.2, 0.25) is 0 Å². The van der Waals surface area contributed by atoms with Crippen molar-refractivity contribution in [1.82, 2.24) is 9.47 Å². The van der Waals surface area contributed by atoms with E-state index in [1.54, 1.807) is 41.3 Å². The van der Waals surface area contributed by atoms with Gasteiger partial charge in [-0.1, -0.05) is 18.2 Å². The fourth-order valence-electron chi connectivity index (χ4n) is 5.09. The number of carboxylic acids is 1. The highest BCUT2D eigenvalue weighted by Gasteiger charge is 2.34. The number of amides is 1.